The second-order valence-electron chi connectivity index (χ2n) is 3.88. The van der Waals surface area contributed by atoms with Gasteiger partial charge in [-0.15, -0.1) is 0 Å². The van der Waals surface area contributed by atoms with Crippen molar-refractivity contribution in [2.45, 2.75) is 6.42 Å². The Labute approximate surface area is 62.4 Å². The Kier molecular flexibility index (Phi) is 1.46. The van der Waals surface area contributed by atoms with E-state index in [-0.39, 0.29) is 0 Å². The van der Waals surface area contributed by atoms with Crippen molar-refractivity contribution in [1.82, 2.24) is 4.90 Å². The van der Waals surface area contributed by atoms with Crippen molar-refractivity contribution in [3.63, 3.8) is 0 Å². The summed E-state index contributed by atoms with van der Waals surface area (Å²) in [7, 11) is 2.21. The van der Waals surface area contributed by atoms with Gasteiger partial charge in [-0.2, -0.15) is 0 Å². The Hall–Kier alpha value is -0.0800. The highest BCUT2D eigenvalue weighted by molar-refractivity contribution is 4.96. The molecule has 0 aromatic rings. The zero-order valence-electron chi connectivity index (χ0n) is 6.59. The predicted molar refractivity (Wildman–Crippen MR) is 41.6 cm³/mol. The number of hydrogen-bond acceptors (Lipinski definition) is 2. The summed E-state index contributed by atoms with van der Waals surface area (Å²) >= 11 is 0. The van der Waals surface area contributed by atoms with Gasteiger partial charge in [0.05, 0.1) is 0 Å². The number of piperidine rings is 2. The summed E-state index contributed by atoms with van der Waals surface area (Å²) in [5.74, 6) is 2.75. The highest BCUT2D eigenvalue weighted by Gasteiger charge is 2.44. The molecule has 0 aromatic carbocycles. The molecule has 0 amide bonds. The third kappa shape index (κ3) is 0.789. The van der Waals surface area contributed by atoms with Crippen molar-refractivity contribution in [2.75, 3.05) is 26.7 Å². The molecule has 1 aliphatic carbocycles. The van der Waals surface area contributed by atoms with Gasteiger partial charge >= 0.3 is 0 Å². The molecule has 2 N–H and O–H groups in total. The minimum atomic E-state index is 0.871. The SMILES string of the molecule is CN1CC2CC(C1)C2CN. The molecule has 2 atom stereocenters. The first-order valence-corrected chi connectivity index (χ1v) is 4.20. The van der Waals surface area contributed by atoms with Crippen LogP contribution in [0.2, 0.25) is 0 Å². The van der Waals surface area contributed by atoms with E-state index in [0.717, 1.165) is 24.3 Å². The van der Waals surface area contributed by atoms with E-state index in [4.69, 9.17) is 5.73 Å². The van der Waals surface area contributed by atoms with Crippen LogP contribution in [-0.2, 0) is 0 Å². The van der Waals surface area contributed by atoms with Crippen molar-refractivity contribution >= 4 is 0 Å². The Balaban J connectivity index is 1.96. The van der Waals surface area contributed by atoms with Crippen LogP contribution in [-0.4, -0.2) is 31.6 Å². The van der Waals surface area contributed by atoms with Gasteiger partial charge in [-0.25, -0.2) is 0 Å². The molecule has 0 spiro atoms. The van der Waals surface area contributed by atoms with Crippen LogP contribution < -0.4 is 5.73 Å². The van der Waals surface area contributed by atoms with E-state index >= 15 is 0 Å². The van der Waals surface area contributed by atoms with Gasteiger partial charge in [-0.3, -0.25) is 0 Å². The first-order chi connectivity index (χ1) is 4.81. The molecule has 2 unspecified atom stereocenters. The van der Waals surface area contributed by atoms with E-state index in [9.17, 15) is 0 Å². The van der Waals surface area contributed by atoms with Crippen LogP contribution >= 0.6 is 0 Å². The Bertz CT molecular complexity index is 123. The van der Waals surface area contributed by atoms with Crippen molar-refractivity contribution in [2.24, 2.45) is 23.5 Å². The van der Waals surface area contributed by atoms with Crippen molar-refractivity contribution < 1.29 is 0 Å². The van der Waals surface area contributed by atoms with Gasteiger partial charge in [0.1, 0.15) is 0 Å². The van der Waals surface area contributed by atoms with Crippen LogP contribution in [0.15, 0.2) is 0 Å². The molecule has 2 saturated heterocycles. The molecule has 2 bridgehead atoms. The standard InChI is InChI=1S/C8H16N2/c1-10-4-6-2-7(5-10)8(6)3-9/h6-8H,2-5,9H2,1H3. The molecule has 3 rings (SSSR count). The first-order valence-electron chi connectivity index (χ1n) is 4.20. The minimum absolute atomic E-state index is 0.871. The van der Waals surface area contributed by atoms with Gasteiger partial charge in [0, 0.05) is 13.1 Å². The van der Waals surface area contributed by atoms with Gasteiger partial charge in [0.25, 0.3) is 0 Å². The molecular weight excluding hydrogens is 124 g/mol. The fourth-order valence-corrected chi connectivity index (χ4v) is 2.61. The molecule has 2 aliphatic heterocycles. The van der Waals surface area contributed by atoms with Crippen LogP contribution in [0.5, 0.6) is 0 Å². The quantitative estimate of drug-likeness (QED) is 0.561. The largest absolute Gasteiger partial charge is 0.330 e. The number of rotatable bonds is 1. The second kappa shape index (κ2) is 2.21. The van der Waals surface area contributed by atoms with Crippen molar-refractivity contribution in [3.8, 4) is 0 Å². The number of fused-ring (bicyclic) bond motifs is 2. The molecule has 0 radical (unpaired) electrons. The summed E-state index contributed by atoms with van der Waals surface area (Å²) in [5.41, 5.74) is 5.65. The van der Waals surface area contributed by atoms with Crippen LogP contribution in [0.3, 0.4) is 0 Å². The lowest BCUT2D eigenvalue weighted by molar-refractivity contribution is -0.0265. The minimum Gasteiger partial charge on any atom is -0.330 e. The third-order valence-corrected chi connectivity index (χ3v) is 3.18. The summed E-state index contributed by atoms with van der Waals surface area (Å²) in [4.78, 5) is 2.44. The Morgan fingerprint density at radius 2 is 2.00 bits per heavy atom. The van der Waals surface area contributed by atoms with Crippen LogP contribution in [0.4, 0.5) is 0 Å². The molecule has 58 valence electrons. The van der Waals surface area contributed by atoms with Crippen LogP contribution in [0.25, 0.3) is 0 Å². The molecule has 10 heavy (non-hydrogen) atoms. The number of nitrogens with two attached hydrogens (primary N) is 1. The maximum absolute atomic E-state index is 5.65. The highest BCUT2D eigenvalue weighted by atomic mass is 15.1. The second-order valence-corrected chi connectivity index (χ2v) is 3.88. The zero-order valence-corrected chi connectivity index (χ0v) is 6.59. The summed E-state index contributed by atoms with van der Waals surface area (Å²) in [6.07, 6.45) is 1.45. The molecule has 2 heteroatoms. The van der Waals surface area contributed by atoms with Crippen molar-refractivity contribution in [3.05, 3.63) is 0 Å². The topological polar surface area (TPSA) is 29.3 Å². The average molecular weight is 140 g/mol. The normalized spacial score (nSPS) is 46.8. The predicted octanol–water partition coefficient (Wildman–Crippen LogP) is 0.143. The van der Waals surface area contributed by atoms with Gasteiger partial charge < -0.3 is 10.6 Å². The third-order valence-electron chi connectivity index (χ3n) is 3.18. The molecular formula is C8H16N2. The smallest absolute Gasteiger partial charge is 0.00101 e. The van der Waals surface area contributed by atoms with Gasteiger partial charge in [-0.05, 0) is 37.8 Å². The van der Waals surface area contributed by atoms with E-state index in [1.165, 1.54) is 19.5 Å². The molecule has 3 fully saturated rings. The fourth-order valence-electron chi connectivity index (χ4n) is 2.61. The van der Waals surface area contributed by atoms with E-state index in [2.05, 4.69) is 11.9 Å². The monoisotopic (exact) mass is 140 g/mol. The molecule has 0 aromatic heterocycles. The summed E-state index contributed by atoms with van der Waals surface area (Å²) in [6, 6.07) is 0. The highest BCUT2D eigenvalue weighted by Crippen LogP contribution is 2.44. The maximum atomic E-state index is 5.65. The lowest BCUT2D eigenvalue weighted by atomic mass is 9.62. The van der Waals surface area contributed by atoms with E-state index < -0.39 is 0 Å². The molecule has 3 aliphatic rings. The number of nitrogens with zero attached hydrogens (tertiary/aromatic N) is 1. The molecule has 1 saturated carbocycles. The Morgan fingerprint density at radius 3 is 2.50 bits per heavy atom. The average Bonchev–Trinajstić information content (AvgIpc) is 1.87. The Morgan fingerprint density at radius 1 is 1.40 bits per heavy atom. The van der Waals surface area contributed by atoms with Crippen LogP contribution in [0, 0.1) is 17.8 Å². The lowest BCUT2D eigenvalue weighted by Gasteiger charge is -2.52. The maximum Gasteiger partial charge on any atom is 0.00101 e. The molecule has 2 nitrogen and oxygen atoms in total. The van der Waals surface area contributed by atoms with Gasteiger partial charge in [0.2, 0.25) is 0 Å². The zero-order chi connectivity index (χ0) is 7.14. The van der Waals surface area contributed by atoms with Crippen LogP contribution in [0.1, 0.15) is 6.42 Å². The van der Waals surface area contributed by atoms with E-state index in [1.807, 2.05) is 0 Å². The summed E-state index contributed by atoms with van der Waals surface area (Å²) in [5, 5.41) is 0. The van der Waals surface area contributed by atoms with Crippen molar-refractivity contribution in [1.29, 1.82) is 0 Å². The van der Waals surface area contributed by atoms with E-state index in [0.29, 0.717) is 0 Å². The first kappa shape index (κ1) is 6.62. The summed E-state index contributed by atoms with van der Waals surface area (Å²) < 4.78 is 0. The van der Waals surface area contributed by atoms with Gasteiger partial charge in [0.15, 0.2) is 0 Å². The summed E-state index contributed by atoms with van der Waals surface area (Å²) in [6.45, 7) is 3.50. The molecule has 2 heterocycles. The van der Waals surface area contributed by atoms with E-state index in [1.54, 1.807) is 0 Å². The van der Waals surface area contributed by atoms with Gasteiger partial charge in [-0.1, -0.05) is 0 Å². The number of hydrogen-bond donors (Lipinski definition) is 1. The fraction of sp³-hybridized carbons (Fsp3) is 1.00. The lowest BCUT2D eigenvalue weighted by Crippen LogP contribution is -2.55.